The summed E-state index contributed by atoms with van der Waals surface area (Å²) in [7, 11) is 0. The summed E-state index contributed by atoms with van der Waals surface area (Å²) in [6.45, 7) is 1.29. The van der Waals surface area contributed by atoms with Crippen LogP contribution in [0.2, 0.25) is 0 Å². The Morgan fingerprint density at radius 3 is 2.40 bits per heavy atom. The highest BCUT2D eigenvalue weighted by Gasteiger charge is 1.96. The van der Waals surface area contributed by atoms with Gasteiger partial charge in [-0.25, -0.2) is 0 Å². The highest BCUT2D eigenvalue weighted by molar-refractivity contribution is 7.80. The van der Waals surface area contributed by atoms with Gasteiger partial charge < -0.3 is 11.1 Å². The minimum Gasteiger partial charge on any atom is -0.376 e. The van der Waals surface area contributed by atoms with E-state index in [1.165, 1.54) is 6.92 Å². The van der Waals surface area contributed by atoms with E-state index in [1.807, 2.05) is 0 Å². The van der Waals surface area contributed by atoms with Crippen molar-refractivity contribution in [2.24, 2.45) is 5.73 Å². The van der Waals surface area contributed by atoms with E-state index in [0.29, 0.717) is 0 Å². The number of rotatable bonds is 0. The summed E-state index contributed by atoms with van der Waals surface area (Å²) in [5.41, 5.74) is 5.00. The molecule has 56 valence electrons. The monoisotopic (exact) mass is 160 g/mol. The molecule has 0 aliphatic rings. The van der Waals surface area contributed by atoms with Gasteiger partial charge in [0.05, 0.1) is 0 Å². The molecular weight excluding hydrogens is 152 g/mol. The van der Waals surface area contributed by atoms with Crippen molar-refractivity contribution in [1.29, 1.82) is 5.41 Å². The average Bonchev–Trinajstić information content (AvgIpc) is 1.58. The SMILES string of the molecule is CC(=O)NC(=N)NC(N)=S. The third kappa shape index (κ3) is 4.98. The first-order valence-electron chi connectivity index (χ1n) is 2.45. The third-order valence-corrected chi connectivity index (χ3v) is 0.651. The molecule has 6 heteroatoms. The zero-order chi connectivity index (χ0) is 8.15. The van der Waals surface area contributed by atoms with Crippen LogP contribution in [0, 0.1) is 5.41 Å². The third-order valence-electron chi connectivity index (χ3n) is 0.549. The highest BCUT2D eigenvalue weighted by atomic mass is 32.1. The van der Waals surface area contributed by atoms with Crippen molar-refractivity contribution < 1.29 is 4.79 Å². The van der Waals surface area contributed by atoms with Crippen LogP contribution in [0.4, 0.5) is 0 Å². The largest absolute Gasteiger partial charge is 0.376 e. The molecule has 0 rings (SSSR count). The first-order valence-corrected chi connectivity index (χ1v) is 2.86. The lowest BCUT2D eigenvalue weighted by atomic mass is 10.7. The molecule has 0 aromatic carbocycles. The van der Waals surface area contributed by atoms with Gasteiger partial charge >= 0.3 is 0 Å². The molecule has 5 N–H and O–H groups in total. The van der Waals surface area contributed by atoms with Crippen molar-refractivity contribution in [3.8, 4) is 0 Å². The van der Waals surface area contributed by atoms with Crippen molar-refractivity contribution in [3.05, 3.63) is 0 Å². The van der Waals surface area contributed by atoms with E-state index in [2.05, 4.69) is 22.9 Å². The lowest BCUT2D eigenvalue weighted by molar-refractivity contribution is -0.117. The van der Waals surface area contributed by atoms with E-state index >= 15 is 0 Å². The van der Waals surface area contributed by atoms with E-state index in [4.69, 9.17) is 11.1 Å². The van der Waals surface area contributed by atoms with Crippen LogP contribution in [0.5, 0.6) is 0 Å². The Morgan fingerprint density at radius 1 is 1.60 bits per heavy atom. The van der Waals surface area contributed by atoms with Crippen molar-refractivity contribution in [2.45, 2.75) is 6.92 Å². The molecule has 0 heterocycles. The van der Waals surface area contributed by atoms with Crippen molar-refractivity contribution in [3.63, 3.8) is 0 Å². The van der Waals surface area contributed by atoms with Crippen LogP contribution in [-0.2, 0) is 4.79 Å². The van der Waals surface area contributed by atoms with Crippen molar-refractivity contribution in [1.82, 2.24) is 10.6 Å². The molecule has 5 nitrogen and oxygen atoms in total. The van der Waals surface area contributed by atoms with Crippen LogP contribution in [0.1, 0.15) is 6.92 Å². The van der Waals surface area contributed by atoms with Crippen LogP contribution in [-0.4, -0.2) is 17.0 Å². The Balaban J connectivity index is 3.65. The van der Waals surface area contributed by atoms with Gasteiger partial charge in [-0.2, -0.15) is 0 Å². The second kappa shape index (κ2) is 3.78. The molecule has 0 aromatic heterocycles. The topological polar surface area (TPSA) is 91.0 Å². The summed E-state index contributed by atoms with van der Waals surface area (Å²) >= 11 is 4.40. The molecule has 0 saturated carbocycles. The van der Waals surface area contributed by atoms with Crippen molar-refractivity contribution in [2.75, 3.05) is 0 Å². The van der Waals surface area contributed by atoms with Gasteiger partial charge in [0, 0.05) is 6.92 Å². The Hall–Kier alpha value is -1.17. The fourth-order valence-corrected chi connectivity index (χ4v) is 0.433. The maximum Gasteiger partial charge on any atom is 0.223 e. The molecule has 0 unspecified atom stereocenters. The van der Waals surface area contributed by atoms with Gasteiger partial charge in [-0.15, -0.1) is 0 Å². The second-order valence-corrected chi connectivity index (χ2v) is 1.99. The first kappa shape index (κ1) is 8.83. The minimum atomic E-state index is -0.339. The number of carbonyl (C=O) groups is 1. The summed E-state index contributed by atoms with van der Waals surface area (Å²) in [6.07, 6.45) is 0. The lowest BCUT2D eigenvalue weighted by Crippen LogP contribution is -2.44. The number of nitrogens with two attached hydrogens (primary N) is 1. The second-order valence-electron chi connectivity index (χ2n) is 1.55. The number of amides is 1. The summed E-state index contributed by atoms with van der Waals surface area (Å²) in [5.74, 6) is -0.547. The fourth-order valence-electron chi connectivity index (χ4n) is 0.330. The Morgan fingerprint density at radius 2 is 2.10 bits per heavy atom. The zero-order valence-corrected chi connectivity index (χ0v) is 6.21. The maximum atomic E-state index is 10.3. The Bertz CT molecular complexity index is 160. The Kier molecular flexibility index (Phi) is 3.34. The van der Waals surface area contributed by atoms with Gasteiger partial charge in [0.15, 0.2) is 5.11 Å². The van der Waals surface area contributed by atoms with Gasteiger partial charge in [0.25, 0.3) is 0 Å². The molecule has 10 heavy (non-hydrogen) atoms. The zero-order valence-electron chi connectivity index (χ0n) is 5.39. The summed E-state index contributed by atoms with van der Waals surface area (Å²) < 4.78 is 0. The fraction of sp³-hybridized carbons (Fsp3) is 0.250. The average molecular weight is 160 g/mol. The molecule has 0 spiro atoms. The predicted octanol–water partition coefficient (Wildman–Crippen LogP) is -1.11. The first-order chi connectivity index (χ1) is 4.52. The van der Waals surface area contributed by atoms with E-state index in [-0.39, 0.29) is 17.0 Å². The molecule has 0 aromatic rings. The molecule has 0 atom stereocenters. The van der Waals surface area contributed by atoms with Gasteiger partial charge in [-0.1, -0.05) is 0 Å². The number of hydrogen-bond acceptors (Lipinski definition) is 3. The number of thiocarbonyl (C=S) groups is 1. The number of carbonyl (C=O) groups excluding carboxylic acids is 1. The van der Waals surface area contributed by atoms with Gasteiger partial charge in [-0.05, 0) is 12.2 Å². The molecule has 0 aliphatic carbocycles. The molecule has 0 bridgehead atoms. The number of hydrogen-bond donors (Lipinski definition) is 4. The van der Waals surface area contributed by atoms with E-state index in [1.54, 1.807) is 0 Å². The van der Waals surface area contributed by atoms with Crippen molar-refractivity contribution >= 4 is 29.2 Å². The lowest BCUT2D eigenvalue weighted by Gasteiger charge is -2.03. The molecule has 0 aliphatic heterocycles. The maximum absolute atomic E-state index is 10.3. The smallest absolute Gasteiger partial charge is 0.223 e. The minimum absolute atomic E-state index is 0.0428. The van der Waals surface area contributed by atoms with Crippen LogP contribution < -0.4 is 16.4 Å². The summed E-state index contributed by atoms with van der Waals surface area (Å²) in [5, 5.41) is 11.3. The molecule has 0 fully saturated rings. The van der Waals surface area contributed by atoms with Gasteiger partial charge in [-0.3, -0.25) is 15.5 Å². The molecule has 1 amide bonds. The van der Waals surface area contributed by atoms with E-state index in [0.717, 1.165) is 0 Å². The molecular formula is C4H8N4OS. The Labute approximate surface area is 63.5 Å². The van der Waals surface area contributed by atoms with Crippen LogP contribution in [0.3, 0.4) is 0 Å². The van der Waals surface area contributed by atoms with E-state index < -0.39 is 0 Å². The van der Waals surface area contributed by atoms with Crippen LogP contribution >= 0.6 is 12.2 Å². The van der Waals surface area contributed by atoms with Gasteiger partial charge in [0.2, 0.25) is 11.9 Å². The molecule has 0 saturated heterocycles. The standard InChI is InChI=1S/C4H8N4OS/c1-2(9)7-3(5)8-4(6)10/h1H3,(H5,5,6,7,8,9,10). The quantitative estimate of drug-likeness (QED) is 0.205. The summed E-state index contributed by atoms with van der Waals surface area (Å²) in [4.78, 5) is 10.3. The number of guanidine groups is 1. The van der Waals surface area contributed by atoms with E-state index in [9.17, 15) is 4.79 Å². The normalized spacial score (nSPS) is 8.10. The van der Waals surface area contributed by atoms with Crippen LogP contribution in [0.25, 0.3) is 0 Å². The highest BCUT2D eigenvalue weighted by Crippen LogP contribution is 1.62. The number of nitrogens with one attached hydrogen (secondary N) is 3. The molecule has 0 radical (unpaired) electrons. The van der Waals surface area contributed by atoms with Crippen LogP contribution in [0.15, 0.2) is 0 Å². The van der Waals surface area contributed by atoms with Gasteiger partial charge in [0.1, 0.15) is 0 Å². The summed E-state index contributed by atoms with van der Waals surface area (Å²) in [6, 6.07) is 0. The predicted molar refractivity (Wildman–Crippen MR) is 41.5 cm³/mol.